The van der Waals surface area contributed by atoms with E-state index in [0.29, 0.717) is 12.6 Å². The van der Waals surface area contributed by atoms with Gasteiger partial charge in [-0.1, -0.05) is 19.8 Å². The summed E-state index contributed by atoms with van der Waals surface area (Å²) in [4.78, 5) is 4.75. The first-order valence-corrected chi connectivity index (χ1v) is 8.45. The van der Waals surface area contributed by atoms with Crippen molar-refractivity contribution in [3.8, 4) is 0 Å². The molecule has 0 radical (unpaired) electrons. The number of nitrogens with one attached hydrogen (secondary N) is 2. The lowest BCUT2D eigenvalue weighted by Crippen LogP contribution is -2.46. The summed E-state index contributed by atoms with van der Waals surface area (Å²) in [6.07, 6.45) is 6.16. The van der Waals surface area contributed by atoms with Gasteiger partial charge in [0.25, 0.3) is 0 Å². The number of nitrogens with zero attached hydrogens (tertiary/aromatic N) is 1. The van der Waals surface area contributed by atoms with Crippen LogP contribution in [0.3, 0.4) is 0 Å². The number of aliphatic hydroxyl groups excluding tert-OH is 1. The zero-order chi connectivity index (χ0) is 15.1. The van der Waals surface area contributed by atoms with Crippen molar-refractivity contribution < 1.29 is 9.84 Å². The van der Waals surface area contributed by atoms with Crippen molar-refractivity contribution in [1.29, 1.82) is 0 Å². The predicted molar refractivity (Wildman–Crippen MR) is 85.5 cm³/mol. The van der Waals surface area contributed by atoms with E-state index in [2.05, 4.69) is 24.5 Å². The van der Waals surface area contributed by atoms with E-state index in [4.69, 9.17) is 9.73 Å². The second-order valence-corrected chi connectivity index (χ2v) is 6.64. The van der Waals surface area contributed by atoms with Crippen LogP contribution in [0.15, 0.2) is 4.99 Å². The maximum Gasteiger partial charge on any atom is 0.191 e. The molecule has 5 heteroatoms. The number of hydrogen-bond donors (Lipinski definition) is 3. The monoisotopic (exact) mass is 297 g/mol. The molecule has 1 aliphatic carbocycles. The highest BCUT2D eigenvalue weighted by molar-refractivity contribution is 5.80. The average Bonchev–Trinajstić information content (AvgIpc) is 2.50. The van der Waals surface area contributed by atoms with E-state index in [1.807, 2.05) is 0 Å². The standard InChI is InChI=1S/C16H31N3O2/c1-3-17-15(19-13-7-10-21-11-8-13)18-12-16(2)9-5-4-6-14(16)20/h13-14,20H,3-12H2,1-2H3,(H2,17,18,19). The van der Waals surface area contributed by atoms with Gasteiger partial charge in [-0.15, -0.1) is 0 Å². The van der Waals surface area contributed by atoms with Gasteiger partial charge in [0.1, 0.15) is 0 Å². The van der Waals surface area contributed by atoms with Gasteiger partial charge in [0, 0.05) is 31.2 Å². The number of ether oxygens (including phenoxy) is 1. The summed E-state index contributed by atoms with van der Waals surface area (Å²) >= 11 is 0. The Kier molecular flexibility index (Phi) is 6.30. The van der Waals surface area contributed by atoms with E-state index < -0.39 is 0 Å². The molecule has 0 amide bonds. The lowest BCUT2D eigenvalue weighted by atomic mass is 9.73. The van der Waals surface area contributed by atoms with Crippen LogP contribution in [0.5, 0.6) is 0 Å². The van der Waals surface area contributed by atoms with Gasteiger partial charge >= 0.3 is 0 Å². The number of aliphatic imine (C=N–C) groups is 1. The van der Waals surface area contributed by atoms with Gasteiger partial charge in [-0.25, -0.2) is 0 Å². The van der Waals surface area contributed by atoms with Crippen molar-refractivity contribution in [3.63, 3.8) is 0 Å². The summed E-state index contributed by atoms with van der Waals surface area (Å²) in [5, 5.41) is 17.1. The van der Waals surface area contributed by atoms with Gasteiger partial charge in [0.15, 0.2) is 5.96 Å². The van der Waals surface area contributed by atoms with Crippen LogP contribution in [0.1, 0.15) is 52.4 Å². The zero-order valence-electron chi connectivity index (χ0n) is 13.5. The van der Waals surface area contributed by atoms with Gasteiger partial charge in [0.05, 0.1) is 12.6 Å². The molecule has 1 saturated carbocycles. The predicted octanol–water partition coefficient (Wildman–Crippen LogP) is 1.66. The van der Waals surface area contributed by atoms with Crippen LogP contribution in [0.4, 0.5) is 0 Å². The van der Waals surface area contributed by atoms with Gasteiger partial charge in [-0.3, -0.25) is 4.99 Å². The molecular weight excluding hydrogens is 266 g/mol. The molecule has 1 saturated heterocycles. The molecule has 2 unspecified atom stereocenters. The second-order valence-electron chi connectivity index (χ2n) is 6.64. The van der Waals surface area contributed by atoms with Gasteiger partial charge < -0.3 is 20.5 Å². The van der Waals surface area contributed by atoms with E-state index in [1.165, 1.54) is 6.42 Å². The minimum Gasteiger partial charge on any atom is -0.392 e. The summed E-state index contributed by atoms with van der Waals surface area (Å²) in [5.41, 5.74) is -0.0731. The van der Waals surface area contributed by atoms with Crippen LogP contribution in [0.2, 0.25) is 0 Å². The Labute approximate surface area is 128 Å². The normalized spacial score (nSPS) is 32.0. The van der Waals surface area contributed by atoms with Gasteiger partial charge in [-0.2, -0.15) is 0 Å². The van der Waals surface area contributed by atoms with Gasteiger partial charge in [-0.05, 0) is 32.6 Å². The highest BCUT2D eigenvalue weighted by atomic mass is 16.5. The summed E-state index contributed by atoms with van der Waals surface area (Å²) < 4.78 is 5.39. The third-order valence-corrected chi connectivity index (χ3v) is 4.78. The first-order valence-electron chi connectivity index (χ1n) is 8.45. The quantitative estimate of drug-likeness (QED) is 0.545. The first-order chi connectivity index (χ1) is 10.1. The molecule has 2 atom stereocenters. The lowest BCUT2D eigenvalue weighted by Gasteiger charge is -2.37. The number of aliphatic hydroxyl groups is 1. The Morgan fingerprint density at radius 2 is 2.05 bits per heavy atom. The topological polar surface area (TPSA) is 65.9 Å². The first kappa shape index (κ1) is 16.6. The molecule has 2 aliphatic rings. The van der Waals surface area contributed by atoms with E-state index in [-0.39, 0.29) is 11.5 Å². The summed E-state index contributed by atoms with van der Waals surface area (Å²) in [6.45, 7) is 7.44. The van der Waals surface area contributed by atoms with Crippen molar-refractivity contribution in [1.82, 2.24) is 10.6 Å². The molecule has 0 aromatic rings. The number of rotatable bonds is 4. The molecule has 3 N–H and O–H groups in total. The molecule has 0 aromatic heterocycles. The van der Waals surface area contributed by atoms with Crippen LogP contribution >= 0.6 is 0 Å². The highest BCUT2D eigenvalue weighted by Gasteiger charge is 2.35. The Hall–Kier alpha value is -0.810. The van der Waals surface area contributed by atoms with Crippen molar-refractivity contribution in [3.05, 3.63) is 0 Å². The Bertz CT molecular complexity index is 342. The third-order valence-electron chi connectivity index (χ3n) is 4.78. The number of hydrogen-bond acceptors (Lipinski definition) is 3. The summed E-state index contributed by atoms with van der Waals surface area (Å²) in [6, 6.07) is 0.445. The fourth-order valence-corrected chi connectivity index (χ4v) is 3.18. The van der Waals surface area contributed by atoms with E-state index in [0.717, 1.165) is 57.8 Å². The Morgan fingerprint density at radius 1 is 1.29 bits per heavy atom. The summed E-state index contributed by atoms with van der Waals surface area (Å²) in [5.74, 6) is 0.878. The fourth-order valence-electron chi connectivity index (χ4n) is 3.18. The van der Waals surface area contributed by atoms with E-state index >= 15 is 0 Å². The van der Waals surface area contributed by atoms with Crippen LogP contribution in [0.25, 0.3) is 0 Å². The Morgan fingerprint density at radius 3 is 2.71 bits per heavy atom. The molecule has 122 valence electrons. The second kappa shape index (κ2) is 7.99. The molecule has 1 aliphatic heterocycles. The highest BCUT2D eigenvalue weighted by Crippen LogP contribution is 2.36. The molecule has 0 spiro atoms. The molecule has 2 rings (SSSR count). The van der Waals surface area contributed by atoms with E-state index in [1.54, 1.807) is 0 Å². The molecule has 21 heavy (non-hydrogen) atoms. The van der Waals surface area contributed by atoms with Crippen molar-refractivity contribution >= 4 is 5.96 Å². The van der Waals surface area contributed by atoms with E-state index in [9.17, 15) is 5.11 Å². The number of guanidine groups is 1. The summed E-state index contributed by atoms with van der Waals surface area (Å²) in [7, 11) is 0. The molecule has 0 aromatic carbocycles. The molecule has 0 bridgehead atoms. The average molecular weight is 297 g/mol. The zero-order valence-corrected chi connectivity index (χ0v) is 13.5. The maximum absolute atomic E-state index is 10.3. The van der Waals surface area contributed by atoms with Crippen molar-refractivity contribution in [2.45, 2.75) is 64.5 Å². The van der Waals surface area contributed by atoms with Crippen molar-refractivity contribution in [2.24, 2.45) is 10.4 Å². The molecular formula is C16H31N3O2. The van der Waals surface area contributed by atoms with Crippen LogP contribution in [-0.4, -0.2) is 49.5 Å². The smallest absolute Gasteiger partial charge is 0.191 e. The van der Waals surface area contributed by atoms with Gasteiger partial charge in [0.2, 0.25) is 0 Å². The SMILES string of the molecule is CCNC(=NCC1(C)CCCCC1O)NC1CCOCC1. The molecule has 5 nitrogen and oxygen atoms in total. The maximum atomic E-state index is 10.3. The minimum atomic E-state index is -0.221. The molecule has 1 heterocycles. The largest absolute Gasteiger partial charge is 0.392 e. The van der Waals surface area contributed by atoms with Crippen molar-refractivity contribution in [2.75, 3.05) is 26.3 Å². The van der Waals surface area contributed by atoms with Crippen LogP contribution < -0.4 is 10.6 Å². The fraction of sp³-hybridized carbons (Fsp3) is 0.938. The minimum absolute atomic E-state index is 0.0731. The lowest BCUT2D eigenvalue weighted by molar-refractivity contribution is 0.00713. The van der Waals surface area contributed by atoms with Crippen LogP contribution in [0, 0.1) is 5.41 Å². The Balaban J connectivity index is 1.92. The molecule has 2 fully saturated rings. The third kappa shape index (κ3) is 4.85. The van der Waals surface area contributed by atoms with Crippen LogP contribution in [-0.2, 0) is 4.74 Å².